The highest BCUT2D eigenvalue weighted by atomic mass is 16.6. The van der Waals surface area contributed by atoms with Crippen LogP contribution < -0.4 is 10.1 Å². The lowest BCUT2D eigenvalue weighted by Crippen LogP contribution is -2.04. The maximum absolute atomic E-state index is 10.9. The van der Waals surface area contributed by atoms with E-state index in [2.05, 4.69) is 17.3 Å². The average Bonchev–Trinajstić information content (AvgIpc) is 2.78. The fourth-order valence-corrected chi connectivity index (χ4v) is 2.43. The fourth-order valence-electron chi connectivity index (χ4n) is 2.43. The molecule has 0 amide bonds. The molecule has 1 heterocycles. The molecule has 0 aliphatic rings. The van der Waals surface area contributed by atoms with E-state index in [0.29, 0.717) is 6.54 Å². The summed E-state index contributed by atoms with van der Waals surface area (Å²) in [5.74, 6) is 0.243. The first-order chi connectivity index (χ1) is 10.5. The minimum atomic E-state index is -0.456. The van der Waals surface area contributed by atoms with Gasteiger partial charge < -0.3 is 10.1 Å². The third-order valence-corrected chi connectivity index (χ3v) is 3.68. The monoisotopic (exact) mass is 304 g/mol. The van der Waals surface area contributed by atoms with Gasteiger partial charge in [-0.05, 0) is 26.8 Å². The van der Waals surface area contributed by atoms with Crippen molar-refractivity contribution in [2.45, 2.75) is 33.9 Å². The number of rotatable bonds is 6. The van der Waals surface area contributed by atoms with Gasteiger partial charge >= 0.3 is 5.69 Å². The number of nitro groups is 1. The van der Waals surface area contributed by atoms with Crippen LogP contribution in [0.3, 0.4) is 0 Å². The molecule has 7 nitrogen and oxygen atoms in total. The molecule has 1 N–H and O–H groups in total. The zero-order valence-corrected chi connectivity index (χ0v) is 13.2. The summed E-state index contributed by atoms with van der Waals surface area (Å²) in [4.78, 5) is 10.4. The molecule has 0 aliphatic heterocycles. The van der Waals surface area contributed by atoms with Crippen LogP contribution in [0.15, 0.2) is 18.2 Å². The molecule has 0 aliphatic carbocycles. The van der Waals surface area contributed by atoms with Crippen LogP contribution >= 0.6 is 0 Å². The number of nitrogens with one attached hydrogen (secondary N) is 1. The second-order valence-corrected chi connectivity index (χ2v) is 4.96. The van der Waals surface area contributed by atoms with Crippen LogP contribution in [0.2, 0.25) is 0 Å². The van der Waals surface area contributed by atoms with Gasteiger partial charge in [0.2, 0.25) is 0 Å². The Labute approximate surface area is 129 Å². The van der Waals surface area contributed by atoms with Gasteiger partial charge in [0.15, 0.2) is 5.75 Å². The summed E-state index contributed by atoms with van der Waals surface area (Å²) in [6, 6.07) is 4.75. The van der Waals surface area contributed by atoms with Gasteiger partial charge in [0.05, 0.1) is 17.7 Å². The van der Waals surface area contributed by atoms with Crippen LogP contribution in [0.5, 0.6) is 5.75 Å². The van der Waals surface area contributed by atoms with Crippen LogP contribution in [-0.4, -0.2) is 21.8 Å². The Morgan fingerprint density at radius 3 is 2.68 bits per heavy atom. The number of ether oxygens (including phenoxy) is 1. The zero-order valence-electron chi connectivity index (χ0n) is 13.2. The molecule has 2 aromatic rings. The van der Waals surface area contributed by atoms with Crippen LogP contribution in [0.4, 0.5) is 11.4 Å². The van der Waals surface area contributed by atoms with Crippen molar-refractivity contribution in [1.29, 1.82) is 0 Å². The first-order valence-corrected chi connectivity index (χ1v) is 7.07. The first-order valence-electron chi connectivity index (χ1n) is 7.07. The smallest absolute Gasteiger partial charge is 0.311 e. The molecular formula is C15H20N4O3. The molecule has 0 spiro atoms. The maximum atomic E-state index is 10.9. The number of aromatic nitrogens is 2. The molecule has 7 heteroatoms. The van der Waals surface area contributed by atoms with Gasteiger partial charge in [0.25, 0.3) is 0 Å². The summed E-state index contributed by atoms with van der Waals surface area (Å²) < 4.78 is 7.03. The third kappa shape index (κ3) is 3.03. The number of nitrogens with zero attached hydrogens (tertiary/aromatic N) is 3. The summed E-state index contributed by atoms with van der Waals surface area (Å²) in [7, 11) is 1.42. The Balaban J connectivity index is 2.19. The second kappa shape index (κ2) is 6.46. The largest absolute Gasteiger partial charge is 0.490 e. The van der Waals surface area contributed by atoms with E-state index >= 15 is 0 Å². The zero-order chi connectivity index (χ0) is 16.3. The Kier molecular flexibility index (Phi) is 4.65. The predicted octanol–water partition coefficient (Wildman–Crippen LogP) is 3.05. The molecule has 0 unspecified atom stereocenters. The van der Waals surface area contributed by atoms with Gasteiger partial charge in [-0.2, -0.15) is 5.10 Å². The summed E-state index contributed by atoms with van der Waals surface area (Å²) in [6.07, 6.45) is 0. The topological polar surface area (TPSA) is 82.2 Å². The molecule has 0 bridgehead atoms. The van der Waals surface area contributed by atoms with Gasteiger partial charge in [-0.3, -0.25) is 14.8 Å². The Morgan fingerprint density at radius 1 is 1.41 bits per heavy atom. The van der Waals surface area contributed by atoms with Crippen molar-refractivity contribution in [2.75, 3.05) is 12.4 Å². The van der Waals surface area contributed by atoms with Gasteiger partial charge in [-0.15, -0.1) is 0 Å². The van der Waals surface area contributed by atoms with E-state index in [1.165, 1.54) is 13.2 Å². The number of hydrogen-bond acceptors (Lipinski definition) is 5. The second-order valence-electron chi connectivity index (χ2n) is 4.96. The van der Waals surface area contributed by atoms with Gasteiger partial charge in [0, 0.05) is 42.2 Å². The molecule has 0 atom stereocenters. The van der Waals surface area contributed by atoms with Gasteiger partial charge in [0.1, 0.15) is 0 Å². The molecule has 2 rings (SSSR count). The van der Waals surface area contributed by atoms with Gasteiger partial charge in [-0.1, -0.05) is 0 Å². The number of nitro benzene ring substituents is 1. The summed E-state index contributed by atoms with van der Waals surface area (Å²) >= 11 is 0. The molecule has 22 heavy (non-hydrogen) atoms. The quantitative estimate of drug-likeness (QED) is 0.655. The van der Waals surface area contributed by atoms with E-state index in [1.54, 1.807) is 12.1 Å². The number of benzene rings is 1. The van der Waals surface area contributed by atoms with Crippen molar-refractivity contribution in [3.8, 4) is 5.75 Å². The Bertz CT molecular complexity index is 694. The van der Waals surface area contributed by atoms with Crippen LogP contribution in [0.1, 0.15) is 23.9 Å². The molecule has 0 fully saturated rings. The van der Waals surface area contributed by atoms with Crippen molar-refractivity contribution >= 4 is 11.4 Å². The van der Waals surface area contributed by atoms with Crippen molar-refractivity contribution < 1.29 is 9.66 Å². The number of anilines is 1. The number of methoxy groups -OCH3 is 1. The van der Waals surface area contributed by atoms with Crippen molar-refractivity contribution in [3.63, 3.8) is 0 Å². The van der Waals surface area contributed by atoms with E-state index < -0.39 is 4.92 Å². The normalized spacial score (nSPS) is 10.5. The number of aryl methyl sites for hydroxylation is 2. The SMILES string of the molecule is CCn1nc(C)c(CNc2ccc([N+](=O)[O-])c(OC)c2)c1C. The molecule has 1 aromatic heterocycles. The summed E-state index contributed by atoms with van der Waals surface area (Å²) in [5.41, 5.74) is 3.98. The van der Waals surface area contributed by atoms with Gasteiger partial charge in [-0.25, -0.2) is 0 Å². The highest BCUT2D eigenvalue weighted by Gasteiger charge is 2.15. The number of hydrogen-bond donors (Lipinski definition) is 1. The molecule has 0 radical (unpaired) electrons. The molecule has 118 valence electrons. The fraction of sp³-hybridized carbons (Fsp3) is 0.400. The molecule has 0 saturated carbocycles. The Morgan fingerprint density at radius 2 is 2.14 bits per heavy atom. The Hall–Kier alpha value is -2.57. The maximum Gasteiger partial charge on any atom is 0.311 e. The highest BCUT2D eigenvalue weighted by Crippen LogP contribution is 2.30. The van der Waals surface area contributed by atoms with E-state index in [4.69, 9.17) is 4.74 Å². The average molecular weight is 304 g/mol. The summed E-state index contributed by atoms with van der Waals surface area (Å²) in [5, 5.41) is 18.6. The molecule has 0 saturated heterocycles. The molecule has 1 aromatic carbocycles. The van der Waals surface area contributed by atoms with E-state index in [9.17, 15) is 10.1 Å². The predicted molar refractivity (Wildman–Crippen MR) is 84.4 cm³/mol. The van der Waals surface area contributed by atoms with Crippen LogP contribution in [0.25, 0.3) is 0 Å². The van der Waals surface area contributed by atoms with Crippen molar-refractivity contribution in [3.05, 3.63) is 45.3 Å². The van der Waals surface area contributed by atoms with Crippen molar-refractivity contribution in [1.82, 2.24) is 9.78 Å². The lowest BCUT2D eigenvalue weighted by Gasteiger charge is -2.09. The minimum absolute atomic E-state index is 0.0424. The van der Waals surface area contributed by atoms with E-state index in [1.807, 2.05) is 18.5 Å². The lowest BCUT2D eigenvalue weighted by atomic mass is 10.2. The van der Waals surface area contributed by atoms with Crippen molar-refractivity contribution in [2.24, 2.45) is 0 Å². The molecular weight excluding hydrogens is 284 g/mol. The van der Waals surface area contributed by atoms with Crippen LogP contribution in [0, 0.1) is 24.0 Å². The lowest BCUT2D eigenvalue weighted by molar-refractivity contribution is -0.385. The van der Waals surface area contributed by atoms with Crippen LogP contribution in [-0.2, 0) is 13.1 Å². The van der Waals surface area contributed by atoms with E-state index in [0.717, 1.165) is 29.2 Å². The summed E-state index contributed by atoms with van der Waals surface area (Å²) in [6.45, 7) is 7.51. The standard InChI is InChI=1S/C15H20N4O3/c1-5-18-11(3)13(10(2)17-18)9-16-12-6-7-14(19(20)21)15(8-12)22-4/h6-8,16H,5,9H2,1-4H3. The van der Waals surface area contributed by atoms with E-state index in [-0.39, 0.29) is 11.4 Å². The third-order valence-electron chi connectivity index (χ3n) is 3.68. The highest BCUT2D eigenvalue weighted by molar-refractivity contribution is 5.58. The first kappa shape index (κ1) is 15.8. The minimum Gasteiger partial charge on any atom is -0.490 e.